The largest absolute Gasteiger partial charge is 0.378 e. The molecule has 6 nitrogen and oxygen atoms in total. The smallest absolute Gasteiger partial charge is 0.244 e. The molecule has 0 radical (unpaired) electrons. The van der Waals surface area contributed by atoms with E-state index < -0.39 is 11.9 Å². The molecule has 1 aliphatic heterocycles. The standard InChI is InChI=1S/C14H19N3O3.ClH/c15-14(19)13(10-4-2-1-3-5-10)17-12(18)8-11-9-20-7-6-16-11;/h1-5,11,13,16H,6-9H2,(H2,15,19)(H,17,18);1H. The lowest BCUT2D eigenvalue weighted by molar-refractivity contribution is -0.128. The summed E-state index contributed by atoms with van der Waals surface area (Å²) in [5.41, 5.74) is 6.04. The highest BCUT2D eigenvalue weighted by Gasteiger charge is 2.22. The number of hydrogen-bond acceptors (Lipinski definition) is 4. The van der Waals surface area contributed by atoms with Crippen molar-refractivity contribution < 1.29 is 14.3 Å². The van der Waals surface area contributed by atoms with Crippen LogP contribution in [0.15, 0.2) is 30.3 Å². The molecule has 0 bridgehead atoms. The van der Waals surface area contributed by atoms with Gasteiger partial charge in [-0.1, -0.05) is 30.3 Å². The van der Waals surface area contributed by atoms with Gasteiger partial charge < -0.3 is 21.1 Å². The Morgan fingerprint density at radius 1 is 1.38 bits per heavy atom. The van der Waals surface area contributed by atoms with E-state index >= 15 is 0 Å². The maximum Gasteiger partial charge on any atom is 0.244 e. The zero-order chi connectivity index (χ0) is 14.4. The molecule has 2 unspecified atom stereocenters. The van der Waals surface area contributed by atoms with Crippen molar-refractivity contribution in [3.05, 3.63) is 35.9 Å². The molecule has 0 aliphatic carbocycles. The molecule has 1 saturated heterocycles. The van der Waals surface area contributed by atoms with Crippen LogP contribution in [0, 0.1) is 0 Å². The number of rotatable bonds is 5. The van der Waals surface area contributed by atoms with Crippen molar-refractivity contribution in [1.29, 1.82) is 0 Å². The number of nitrogens with two attached hydrogens (primary N) is 1. The van der Waals surface area contributed by atoms with Gasteiger partial charge in [-0.3, -0.25) is 9.59 Å². The molecule has 1 heterocycles. The fourth-order valence-electron chi connectivity index (χ4n) is 2.16. The van der Waals surface area contributed by atoms with E-state index in [1.807, 2.05) is 6.07 Å². The van der Waals surface area contributed by atoms with Gasteiger partial charge in [0.2, 0.25) is 11.8 Å². The van der Waals surface area contributed by atoms with E-state index in [1.165, 1.54) is 0 Å². The van der Waals surface area contributed by atoms with E-state index in [9.17, 15) is 9.59 Å². The minimum absolute atomic E-state index is 0. The first kappa shape index (κ1) is 17.4. The maximum absolute atomic E-state index is 12.0. The second kappa shape index (κ2) is 8.61. The number of nitrogens with one attached hydrogen (secondary N) is 2. The van der Waals surface area contributed by atoms with Crippen molar-refractivity contribution in [2.75, 3.05) is 19.8 Å². The van der Waals surface area contributed by atoms with Crippen LogP contribution < -0.4 is 16.4 Å². The molecule has 4 N–H and O–H groups in total. The Balaban J connectivity index is 0.00000220. The Labute approximate surface area is 129 Å². The van der Waals surface area contributed by atoms with Crippen molar-refractivity contribution in [3.63, 3.8) is 0 Å². The lowest BCUT2D eigenvalue weighted by atomic mass is 10.1. The van der Waals surface area contributed by atoms with Gasteiger partial charge in [0.25, 0.3) is 0 Å². The van der Waals surface area contributed by atoms with E-state index in [0.29, 0.717) is 18.8 Å². The summed E-state index contributed by atoms with van der Waals surface area (Å²) < 4.78 is 5.29. The van der Waals surface area contributed by atoms with Crippen molar-refractivity contribution in [3.8, 4) is 0 Å². The van der Waals surface area contributed by atoms with E-state index in [-0.39, 0.29) is 30.8 Å². The third-order valence-electron chi connectivity index (χ3n) is 3.15. The molecule has 2 amide bonds. The predicted molar refractivity (Wildman–Crippen MR) is 81.0 cm³/mol. The van der Waals surface area contributed by atoms with E-state index in [0.717, 1.165) is 6.54 Å². The molecule has 0 saturated carbocycles. The van der Waals surface area contributed by atoms with Crippen LogP contribution in [0.5, 0.6) is 0 Å². The molecule has 1 aromatic carbocycles. The number of carbonyl (C=O) groups excluding carboxylic acids is 2. The van der Waals surface area contributed by atoms with Crippen molar-refractivity contribution in [2.24, 2.45) is 5.73 Å². The number of halogens is 1. The predicted octanol–water partition coefficient (Wildman–Crippen LogP) is 0.130. The molecule has 0 spiro atoms. The van der Waals surface area contributed by atoms with Crippen LogP contribution in [0.25, 0.3) is 0 Å². The molecule has 0 aromatic heterocycles. The second-order valence-corrected chi connectivity index (χ2v) is 4.74. The van der Waals surface area contributed by atoms with Gasteiger partial charge in [0.15, 0.2) is 0 Å². The van der Waals surface area contributed by atoms with Crippen LogP contribution in [0.2, 0.25) is 0 Å². The van der Waals surface area contributed by atoms with Crippen molar-refractivity contribution in [1.82, 2.24) is 10.6 Å². The summed E-state index contributed by atoms with van der Waals surface area (Å²) in [6.45, 7) is 1.89. The van der Waals surface area contributed by atoms with Crippen LogP contribution in [0.4, 0.5) is 0 Å². The Hall–Kier alpha value is -1.63. The molecule has 1 aliphatic rings. The van der Waals surface area contributed by atoms with Gasteiger partial charge in [-0.15, -0.1) is 12.4 Å². The normalized spacial score (nSPS) is 19.1. The first-order valence-corrected chi connectivity index (χ1v) is 6.61. The highest BCUT2D eigenvalue weighted by atomic mass is 35.5. The summed E-state index contributed by atoms with van der Waals surface area (Å²) >= 11 is 0. The SMILES string of the molecule is Cl.NC(=O)C(NC(=O)CC1COCCN1)c1ccccc1. The van der Waals surface area contributed by atoms with Gasteiger partial charge in [-0.05, 0) is 5.56 Å². The zero-order valence-electron chi connectivity index (χ0n) is 11.6. The number of hydrogen-bond donors (Lipinski definition) is 3. The summed E-state index contributed by atoms with van der Waals surface area (Å²) in [5, 5.41) is 5.86. The number of amides is 2. The Morgan fingerprint density at radius 2 is 2.10 bits per heavy atom. The highest BCUT2D eigenvalue weighted by Crippen LogP contribution is 2.12. The molecule has 21 heavy (non-hydrogen) atoms. The molecule has 1 fully saturated rings. The summed E-state index contributed by atoms with van der Waals surface area (Å²) in [7, 11) is 0. The fraction of sp³-hybridized carbons (Fsp3) is 0.429. The lowest BCUT2D eigenvalue weighted by Gasteiger charge is -2.24. The highest BCUT2D eigenvalue weighted by molar-refractivity contribution is 5.87. The third kappa shape index (κ3) is 5.34. The van der Waals surface area contributed by atoms with Crippen LogP contribution in [-0.2, 0) is 14.3 Å². The number of morpholine rings is 1. The lowest BCUT2D eigenvalue weighted by Crippen LogP contribution is -2.46. The van der Waals surface area contributed by atoms with Gasteiger partial charge >= 0.3 is 0 Å². The van der Waals surface area contributed by atoms with Crippen LogP contribution in [0.3, 0.4) is 0 Å². The van der Waals surface area contributed by atoms with E-state index in [4.69, 9.17) is 10.5 Å². The summed E-state index contributed by atoms with van der Waals surface area (Å²) in [6.07, 6.45) is 0.261. The van der Waals surface area contributed by atoms with Gasteiger partial charge in [0.1, 0.15) is 6.04 Å². The average molecular weight is 314 g/mol. The zero-order valence-corrected chi connectivity index (χ0v) is 12.4. The Morgan fingerprint density at radius 3 is 2.67 bits per heavy atom. The molecular formula is C14H20ClN3O3. The molecule has 116 valence electrons. The molecule has 2 atom stereocenters. The first-order valence-electron chi connectivity index (χ1n) is 6.61. The minimum atomic E-state index is -0.798. The summed E-state index contributed by atoms with van der Waals surface area (Å²) in [4.78, 5) is 23.5. The monoisotopic (exact) mass is 313 g/mol. The number of primary amides is 1. The van der Waals surface area contributed by atoms with Crippen LogP contribution >= 0.6 is 12.4 Å². The second-order valence-electron chi connectivity index (χ2n) is 4.74. The van der Waals surface area contributed by atoms with Gasteiger partial charge in [-0.25, -0.2) is 0 Å². The van der Waals surface area contributed by atoms with E-state index in [2.05, 4.69) is 10.6 Å². The van der Waals surface area contributed by atoms with Crippen molar-refractivity contribution >= 4 is 24.2 Å². The van der Waals surface area contributed by atoms with Gasteiger partial charge in [0.05, 0.1) is 13.2 Å². The first-order chi connectivity index (χ1) is 9.66. The molecule has 2 rings (SSSR count). The Kier molecular flexibility index (Phi) is 7.14. The van der Waals surface area contributed by atoms with Crippen molar-refractivity contribution in [2.45, 2.75) is 18.5 Å². The molecular weight excluding hydrogens is 294 g/mol. The number of benzene rings is 1. The summed E-state index contributed by atoms with van der Waals surface area (Å²) in [5.74, 6) is -0.793. The Bertz CT molecular complexity index is 464. The third-order valence-corrected chi connectivity index (χ3v) is 3.15. The van der Waals surface area contributed by atoms with Gasteiger partial charge in [0, 0.05) is 19.0 Å². The van der Waals surface area contributed by atoms with E-state index in [1.54, 1.807) is 24.3 Å². The maximum atomic E-state index is 12.0. The average Bonchev–Trinajstić information content (AvgIpc) is 2.46. The van der Waals surface area contributed by atoms with Crippen LogP contribution in [0.1, 0.15) is 18.0 Å². The number of carbonyl (C=O) groups is 2. The topological polar surface area (TPSA) is 93.5 Å². The fourth-order valence-corrected chi connectivity index (χ4v) is 2.16. The quantitative estimate of drug-likeness (QED) is 0.720. The van der Waals surface area contributed by atoms with Crippen LogP contribution in [-0.4, -0.2) is 37.6 Å². The summed E-state index contributed by atoms with van der Waals surface area (Å²) in [6, 6.07) is 8.14. The molecule has 7 heteroatoms. The minimum Gasteiger partial charge on any atom is -0.378 e. The van der Waals surface area contributed by atoms with Gasteiger partial charge in [-0.2, -0.15) is 0 Å². The number of ether oxygens (including phenoxy) is 1. The molecule has 1 aromatic rings.